The summed E-state index contributed by atoms with van der Waals surface area (Å²) in [5.74, 6) is 1.11. The zero-order chi connectivity index (χ0) is 21.3. The first-order chi connectivity index (χ1) is 13.8. The van der Waals surface area contributed by atoms with Crippen molar-refractivity contribution in [2.24, 2.45) is 10.9 Å². The molecule has 2 rings (SSSR count). The van der Waals surface area contributed by atoms with E-state index in [0.29, 0.717) is 25.6 Å². The Hall–Kier alpha value is -1.35. The minimum Gasteiger partial charge on any atom is -0.386 e. The lowest BCUT2D eigenvalue weighted by Crippen LogP contribution is -2.40. The van der Waals surface area contributed by atoms with Gasteiger partial charge in [-0.3, -0.25) is 9.79 Å². The van der Waals surface area contributed by atoms with Gasteiger partial charge in [0.15, 0.2) is 5.96 Å². The molecule has 1 fully saturated rings. The van der Waals surface area contributed by atoms with Crippen LogP contribution in [0, 0.1) is 5.92 Å². The molecule has 1 unspecified atom stereocenters. The largest absolute Gasteiger partial charge is 0.386 e. The summed E-state index contributed by atoms with van der Waals surface area (Å²) in [6.07, 6.45) is 3.43. The van der Waals surface area contributed by atoms with Gasteiger partial charge in [-0.15, -0.1) is 24.0 Å². The van der Waals surface area contributed by atoms with Crippen molar-refractivity contribution in [3.8, 4) is 0 Å². The molecule has 1 aromatic carbocycles. The van der Waals surface area contributed by atoms with E-state index in [1.807, 2.05) is 19.1 Å². The average molecular weight is 530 g/mol. The number of aliphatic hydroxyl groups excluding tert-OH is 1. The number of nitrogens with zero attached hydrogens (tertiary/aromatic N) is 1. The molecule has 0 spiro atoms. The van der Waals surface area contributed by atoms with Crippen molar-refractivity contribution in [1.82, 2.24) is 16.0 Å². The van der Waals surface area contributed by atoms with Crippen LogP contribution in [-0.4, -0.2) is 43.2 Å². The molecule has 1 aliphatic carbocycles. The third-order valence-electron chi connectivity index (χ3n) is 5.35. The molecule has 0 radical (unpaired) electrons. The monoisotopic (exact) mass is 530 g/mol. The number of nitrogens with one attached hydrogen (secondary N) is 3. The van der Waals surface area contributed by atoms with Crippen LogP contribution in [0.2, 0.25) is 0 Å². The van der Waals surface area contributed by atoms with Gasteiger partial charge in [0.2, 0.25) is 5.91 Å². The molecule has 30 heavy (non-hydrogen) atoms. The molecule has 1 aromatic rings. The minimum atomic E-state index is -0.638. The summed E-state index contributed by atoms with van der Waals surface area (Å²) in [6, 6.07) is 8.10. The van der Waals surface area contributed by atoms with Crippen LogP contribution in [0.5, 0.6) is 0 Å². The molecular formula is C23H39IN4O2. The van der Waals surface area contributed by atoms with Gasteiger partial charge in [-0.25, -0.2) is 0 Å². The van der Waals surface area contributed by atoms with E-state index in [4.69, 9.17) is 0 Å². The summed E-state index contributed by atoms with van der Waals surface area (Å²) in [6.45, 7) is 11.0. The van der Waals surface area contributed by atoms with Crippen molar-refractivity contribution >= 4 is 35.8 Å². The SMILES string of the molecule is CCNC(=NCC(O)c1ccc(C(C)(C)C)cc1)NCCCNC(=O)C1CCC1.I. The van der Waals surface area contributed by atoms with E-state index in [1.165, 1.54) is 12.0 Å². The van der Waals surface area contributed by atoms with Crippen LogP contribution in [0.1, 0.15) is 70.6 Å². The number of aliphatic imine (C=N–C) groups is 1. The van der Waals surface area contributed by atoms with Crippen LogP contribution >= 0.6 is 24.0 Å². The predicted molar refractivity (Wildman–Crippen MR) is 134 cm³/mol. The Morgan fingerprint density at radius 3 is 2.30 bits per heavy atom. The smallest absolute Gasteiger partial charge is 0.223 e. The number of carbonyl (C=O) groups excluding carboxylic acids is 1. The van der Waals surface area contributed by atoms with Crippen molar-refractivity contribution in [2.75, 3.05) is 26.2 Å². The van der Waals surface area contributed by atoms with Crippen LogP contribution < -0.4 is 16.0 Å². The quantitative estimate of drug-likeness (QED) is 0.171. The second-order valence-corrected chi connectivity index (χ2v) is 8.81. The first-order valence-electron chi connectivity index (χ1n) is 10.9. The van der Waals surface area contributed by atoms with E-state index in [-0.39, 0.29) is 41.2 Å². The van der Waals surface area contributed by atoms with Crippen LogP contribution in [0.25, 0.3) is 0 Å². The highest BCUT2D eigenvalue weighted by Crippen LogP contribution is 2.26. The highest BCUT2D eigenvalue weighted by atomic mass is 127. The molecule has 0 aromatic heterocycles. The van der Waals surface area contributed by atoms with Gasteiger partial charge in [0, 0.05) is 25.6 Å². The Morgan fingerprint density at radius 2 is 1.77 bits per heavy atom. The van der Waals surface area contributed by atoms with Crippen molar-refractivity contribution in [3.63, 3.8) is 0 Å². The van der Waals surface area contributed by atoms with Gasteiger partial charge in [0.1, 0.15) is 0 Å². The molecule has 1 aliphatic rings. The molecule has 6 nitrogen and oxygen atoms in total. The highest BCUT2D eigenvalue weighted by Gasteiger charge is 2.24. The Labute approximate surface area is 198 Å². The van der Waals surface area contributed by atoms with Gasteiger partial charge >= 0.3 is 0 Å². The summed E-state index contributed by atoms with van der Waals surface area (Å²) in [5, 5.41) is 19.9. The number of benzene rings is 1. The predicted octanol–water partition coefficient (Wildman–Crippen LogP) is 3.50. The molecule has 0 saturated heterocycles. The molecule has 0 bridgehead atoms. The van der Waals surface area contributed by atoms with Crippen molar-refractivity contribution in [3.05, 3.63) is 35.4 Å². The molecule has 170 valence electrons. The van der Waals surface area contributed by atoms with Crippen LogP contribution in [0.3, 0.4) is 0 Å². The molecular weight excluding hydrogens is 491 g/mol. The molecule has 1 saturated carbocycles. The number of hydrogen-bond acceptors (Lipinski definition) is 3. The third kappa shape index (κ3) is 8.79. The summed E-state index contributed by atoms with van der Waals surface area (Å²) in [5.41, 5.74) is 2.22. The molecule has 0 heterocycles. The van der Waals surface area contributed by atoms with Gasteiger partial charge in [0.05, 0.1) is 12.6 Å². The summed E-state index contributed by atoms with van der Waals surface area (Å²) in [7, 11) is 0. The highest BCUT2D eigenvalue weighted by molar-refractivity contribution is 14.0. The number of halogens is 1. The number of aliphatic hydroxyl groups is 1. The lowest BCUT2D eigenvalue weighted by Gasteiger charge is -2.24. The standard InChI is InChI=1S/C23H38N4O2.HI/c1-5-24-22(26-15-7-14-25-21(29)18-8-6-9-18)27-16-20(28)17-10-12-19(13-11-17)23(2,3)4;/h10-13,18,20,28H,5-9,14-16H2,1-4H3,(H,25,29)(H2,24,26,27);1H. The molecule has 7 heteroatoms. The van der Waals surface area contributed by atoms with E-state index in [0.717, 1.165) is 31.4 Å². The second-order valence-electron chi connectivity index (χ2n) is 8.81. The summed E-state index contributed by atoms with van der Waals surface area (Å²) in [4.78, 5) is 16.3. The van der Waals surface area contributed by atoms with Gasteiger partial charge in [-0.2, -0.15) is 0 Å². The summed E-state index contributed by atoms with van der Waals surface area (Å²) < 4.78 is 0. The van der Waals surface area contributed by atoms with Crippen molar-refractivity contribution in [1.29, 1.82) is 0 Å². The van der Waals surface area contributed by atoms with E-state index in [2.05, 4.69) is 53.8 Å². The molecule has 1 atom stereocenters. The third-order valence-corrected chi connectivity index (χ3v) is 5.35. The first-order valence-corrected chi connectivity index (χ1v) is 10.9. The Bertz CT molecular complexity index is 667. The van der Waals surface area contributed by atoms with E-state index in [9.17, 15) is 9.90 Å². The maximum absolute atomic E-state index is 11.8. The van der Waals surface area contributed by atoms with Crippen LogP contribution in [0.4, 0.5) is 0 Å². The maximum atomic E-state index is 11.8. The van der Waals surface area contributed by atoms with E-state index < -0.39 is 6.10 Å². The number of amides is 1. The van der Waals surface area contributed by atoms with Gasteiger partial charge in [-0.1, -0.05) is 51.5 Å². The lowest BCUT2D eigenvalue weighted by atomic mass is 9.85. The first kappa shape index (κ1) is 26.7. The maximum Gasteiger partial charge on any atom is 0.223 e. The lowest BCUT2D eigenvalue weighted by molar-refractivity contribution is -0.127. The van der Waals surface area contributed by atoms with E-state index >= 15 is 0 Å². The van der Waals surface area contributed by atoms with Crippen LogP contribution in [-0.2, 0) is 10.2 Å². The fraction of sp³-hybridized carbons (Fsp3) is 0.652. The van der Waals surface area contributed by atoms with E-state index in [1.54, 1.807) is 0 Å². The minimum absolute atomic E-state index is 0. The van der Waals surface area contributed by atoms with Crippen molar-refractivity contribution < 1.29 is 9.90 Å². The second kappa shape index (κ2) is 13.1. The fourth-order valence-electron chi connectivity index (χ4n) is 3.15. The normalized spacial score (nSPS) is 15.6. The zero-order valence-corrected chi connectivity index (χ0v) is 21.2. The zero-order valence-electron chi connectivity index (χ0n) is 18.8. The Balaban J connectivity index is 0.00000450. The molecule has 4 N–H and O–H groups in total. The Kier molecular flexibility index (Phi) is 11.7. The Morgan fingerprint density at radius 1 is 1.13 bits per heavy atom. The number of guanidine groups is 1. The van der Waals surface area contributed by atoms with Gasteiger partial charge in [0.25, 0.3) is 0 Å². The number of hydrogen-bond donors (Lipinski definition) is 4. The fourth-order valence-corrected chi connectivity index (χ4v) is 3.15. The average Bonchev–Trinajstić information content (AvgIpc) is 2.63. The topological polar surface area (TPSA) is 85.8 Å². The van der Waals surface area contributed by atoms with Gasteiger partial charge < -0.3 is 21.1 Å². The van der Waals surface area contributed by atoms with Gasteiger partial charge in [-0.05, 0) is 42.7 Å². The number of carbonyl (C=O) groups is 1. The van der Waals surface area contributed by atoms with Crippen molar-refractivity contribution in [2.45, 2.75) is 64.9 Å². The molecule has 0 aliphatic heterocycles. The summed E-state index contributed by atoms with van der Waals surface area (Å²) >= 11 is 0. The molecule has 1 amide bonds. The number of rotatable bonds is 9. The van der Waals surface area contributed by atoms with Crippen LogP contribution in [0.15, 0.2) is 29.3 Å².